The molecular formula is C17H28O2. The van der Waals surface area contributed by atoms with Crippen LogP contribution in [0.25, 0.3) is 0 Å². The maximum atomic E-state index is 11.4. The SMILES string of the molecule is CC(=O)O[C@H]1C[C@@]23C[C@@H]([C@@H]1C)C(C)(C)[C@@H]2CC[C@H]3C. The Hall–Kier alpha value is -0.530. The summed E-state index contributed by atoms with van der Waals surface area (Å²) in [6.07, 6.45) is 5.37. The molecule has 108 valence electrons. The normalized spacial score (nSPS) is 50.9. The van der Waals surface area contributed by atoms with Crippen molar-refractivity contribution in [2.24, 2.45) is 34.5 Å². The molecular weight excluding hydrogens is 236 g/mol. The fourth-order valence-electron chi connectivity index (χ4n) is 6.19. The molecule has 3 saturated carbocycles. The molecule has 0 unspecified atom stereocenters. The summed E-state index contributed by atoms with van der Waals surface area (Å²) in [7, 11) is 0. The van der Waals surface area contributed by atoms with E-state index in [9.17, 15) is 4.79 Å². The Bertz CT molecular complexity index is 400. The van der Waals surface area contributed by atoms with Crippen LogP contribution in [0.5, 0.6) is 0 Å². The second-order valence-corrected chi connectivity index (χ2v) is 8.11. The van der Waals surface area contributed by atoms with Crippen LogP contribution in [0.15, 0.2) is 0 Å². The molecule has 0 amide bonds. The zero-order chi connectivity index (χ0) is 14.0. The number of rotatable bonds is 1. The number of hydrogen-bond donors (Lipinski definition) is 0. The average molecular weight is 264 g/mol. The van der Waals surface area contributed by atoms with Crippen molar-refractivity contribution in [2.75, 3.05) is 0 Å². The minimum Gasteiger partial charge on any atom is -0.462 e. The van der Waals surface area contributed by atoms with Gasteiger partial charge in [0.25, 0.3) is 0 Å². The molecule has 2 nitrogen and oxygen atoms in total. The number of fused-ring (bicyclic) bond motifs is 1. The molecule has 2 heteroatoms. The van der Waals surface area contributed by atoms with Crippen molar-refractivity contribution in [2.45, 2.75) is 66.4 Å². The molecule has 3 aliphatic rings. The van der Waals surface area contributed by atoms with Crippen molar-refractivity contribution in [1.82, 2.24) is 0 Å². The molecule has 0 aliphatic heterocycles. The first-order chi connectivity index (χ1) is 8.79. The van der Waals surface area contributed by atoms with Crippen molar-refractivity contribution in [1.29, 1.82) is 0 Å². The molecule has 3 fully saturated rings. The van der Waals surface area contributed by atoms with Crippen LogP contribution in [0.3, 0.4) is 0 Å². The van der Waals surface area contributed by atoms with Gasteiger partial charge in [-0.15, -0.1) is 0 Å². The van der Waals surface area contributed by atoms with Crippen LogP contribution in [0, 0.1) is 34.5 Å². The molecule has 3 aliphatic carbocycles. The highest BCUT2D eigenvalue weighted by Crippen LogP contribution is 2.72. The highest BCUT2D eigenvalue weighted by molar-refractivity contribution is 5.66. The number of hydrogen-bond acceptors (Lipinski definition) is 2. The van der Waals surface area contributed by atoms with Gasteiger partial charge in [0, 0.05) is 6.92 Å². The van der Waals surface area contributed by atoms with Gasteiger partial charge in [0.2, 0.25) is 0 Å². The van der Waals surface area contributed by atoms with Crippen LogP contribution in [-0.2, 0) is 9.53 Å². The van der Waals surface area contributed by atoms with E-state index in [0.29, 0.717) is 16.7 Å². The molecule has 0 aromatic heterocycles. The van der Waals surface area contributed by atoms with Crippen LogP contribution < -0.4 is 0 Å². The first-order valence-electron chi connectivity index (χ1n) is 7.96. The molecule has 6 atom stereocenters. The van der Waals surface area contributed by atoms with Gasteiger partial charge in [-0.25, -0.2) is 0 Å². The maximum absolute atomic E-state index is 11.4. The Balaban J connectivity index is 1.97. The van der Waals surface area contributed by atoms with Crippen molar-refractivity contribution in [3.63, 3.8) is 0 Å². The van der Waals surface area contributed by atoms with E-state index in [2.05, 4.69) is 27.7 Å². The lowest BCUT2D eigenvalue weighted by molar-refractivity contribution is -0.155. The standard InChI is InChI=1S/C17H28O2/c1-10-6-7-15-16(4,5)13-8-17(10,15)9-14(11(13)2)19-12(3)18/h10-11,13-15H,6-9H2,1-5H3/t10-,11+,13+,14+,15+,17-/m1/s1. The van der Waals surface area contributed by atoms with Gasteiger partial charge >= 0.3 is 5.97 Å². The second-order valence-electron chi connectivity index (χ2n) is 8.11. The van der Waals surface area contributed by atoms with E-state index in [1.807, 2.05) is 0 Å². The van der Waals surface area contributed by atoms with E-state index < -0.39 is 0 Å². The Morgan fingerprint density at radius 3 is 2.47 bits per heavy atom. The summed E-state index contributed by atoms with van der Waals surface area (Å²) in [6.45, 7) is 11.2. The summed E-state index contributed by atoms with van der Waals surface area (Å²) in [5.41, 5.74) is 0.875. The molecule has 0 radical (unpaired) electrons. The minimum absolute atomic E-state index is 0.102. The lowest BCUT2D eigenvalue weighted by Gasteiger charge is -2.43. The maximum Gasteiger partial charge on any atom is 0.302 e. The van der Waals surface area contributed by atoms with Gasteiger partial charge in [-0.05, 0) is 60.2 Å². The first kappa shape index (κ1) is 13.5. The van der Waals surface area contributed by atoms with E-state index in [0.717, 1.165) is 24.2 Å². The molecule has 3 rings (SSSR count). The number of carbonyl (C=O) groups is 1. The predicted molar refractivity (Wildman–Crippen MR) is 75.5 cm³/mol. The second kappa shape index (κ2) is 3.99. The predicted octanol–water partition coefficient (Wildman–Crippen LogP) is 4.04. The summed E-state index contributed by atoms with van der Waals surface area (Å²) in [6, 6.07) is 0. The third-order valence-electron chi connectivity index (χ3n) is 7.14. The third kappa shape index (κ3) is 1.64. The van der Waals surface area contributed by atoms with Crippen molar-refractivity contribution < 1.29 is 9.53 Å². The van der Waals surface area contributed by atoms with Crippen molar-refractivity contribution in [3.05, 3.63) is 0 Å². The molecule has 1 spiro atoms. The number of esters is 1. The van der Waals surface area contributed by atoms with Crippen molar-refractivity contribution in [3.8, 4) is 0 Å². The highest BCUT2D eigenvalue weighted by atomic mass is 16.5. The van der Waals surface area contributed by atoms with Gasteiger partial charge in [0.05, 0.1) is 0 Å². The lowest BCUT2D eigenvalue weighted by Crippen LogP contribution is -2.41. The summed E-state index contributed by atoms with van der Waals surface area (Å²) in [4.78, 5) is 11.4. The largest absolute Gasteiger partial charge is 0.462 e. The quantitative estimate of drug-likeness (QED) is 0.668. The van der Waals surface area contributed by atoms with E-state index in [1.54, 1.807) is 6.92 Å². The van der Waals surface area contributed by atoms with E-state index in [4.69, 9.17) is 4.74 Å². The molecule has 0 aromatic carbocycles. The molecule has 0 N–H and O–H groups in total. The van der Waals surface area contributed by atoms with Gasteiger partial charge in [-0.2, -0.15) is 0 Å². The molecule has 0 saturated heterocycles. The van der Waals surface area contributed by atoms with E-state index in [1.165, 1.54) is 19.3 Å². The van der Waals surface area contributed by atoms with Crippen LogP contribution in [0.2, 0.25) is 0 Å². The van der Waals surface area contributed by atoms with Crippen LogP contribution in [0.1, 0.15) is 60.3 Å². The Kier molecular flexibility index (Phi) is 2.82. The first-order valence-corrected chi connectivity index (χ1v) is 7.96. The fourth-order valence-corrected chi connectivity index (χ4v) is 6.19. The van der Waals surface area contributed by atoms with Crippen molar-refractivity contribution >= 4 is 5.97 Å². The average Bonchev–Trinajstić information content (AvgIpc) is 2.70. The topological polar surface area (TPSA) is 26.3 Å². The highest BCUT2D eigenvalue weighted by Gasteiger charge is 2.67. The zero-order valence-corrected chi connectivity index (χ0v) is 13.0. The Morgan fingerprint density at radius 2 is 1.84 bits per heavy atom. The van der Waals surface area contributed by atoms with Gasteiger partial charge in [-0.1, -0.05) is 27.7 Å². The monoisotopic (exact) mass is 264 g/mol. The smallest absolute Gasteiger partial charge is 0.302 e. The van der Waals surface area contributed by atoms with Crippen LogP contribution in [-0.4, -0.2) is 12.1 Å². The van der Waals surface area contributed by atoms with Crippen LogP contribution >= 0.6 is 0 Å². The summed E-state index contributed by atoms with van der Waals surface area (Å²) in [5.74, 6) is 2.77. The van der Waals surface area contributed by atoms with Gasteiger partial charge in [-0.3, -0.25) is 4.79 Å². The molecule has 19 heavy (non-hydrogen) atoms. The number of ether oxygens (including phenoxy) is 1. The van der Waals surface area contributed by atoms with Crippen LogP contribution in [0.4, 0.5) is 0 Å². The third-order valence-corrected chi connectivity index (χ3v) is 7.14. The molecule has 2 bridgehead atoms. The van der Waals surface area contributed by atoms with Gasteiger partial charge in [0.1, 0.15) is 6.10 Å². The summed E-state index contributed by atoms with van der Waals surface area (Å²) >= 11 is 0. The molecule has 0 heterocycles. The Labute approximate surface area is 117 Å². The fraction of sp³-hybridized carbons (Fsp3) is 0.941. The van der Waals surface area contributed by atoms with E-state index in [-0.39, 0.29) is 12.1 Å². The minimum atomic E-state index is -0.102. The lowest BCUT2D eigenvalue weighted by atomic mass is 9.64. The zero-order valence-electron chi connectivity index (χ0n) is 13.0. The molecule has 0 aromatic rings. The van der Waals surface area contributed by atoms with Gasteiger partial charge in [0.15, 0.2) is 0 Å². The number of carbonyl (C=O) groups excluding carboxylic acids is 1. The summed E-state index contributed by atoms with van der Waals surface area (Å²) < 4.78 is 5.69. The van der Waals surface area contributed by atoms with Gasteiger partial charge < -0.3 is 4.74 Å². The van der Waals surface area contributed by atoms with E-state index >= 15 is 0 Å². The Morgan fingerprint density at radius 1 is 1.16 bits per heavy atom. The summed E-state index contributed by atoms with van der Waals surface area (Å²) in [5, 5.41) is 0.